The van der Waals surface area contributed by atoms with E-state index in [2.05, 4.69) is 14.7 Å². The molecular formula is C11H14F2N4O. The molecule has 5 nitrogen and oxygen atoms in total. The fourth-order valence-electron chi connectivity index (χ4n) is 1.52. The van der Waals surface area contributed by atoms with Crippen molar-refractivity contribution in [3.63, 3.8) is 0 Å². The molecule has 0 aliphatic carbocycles. The Hall–Kier alpha value is -1.92. The van der Waals surface area contributed by atoms with Crippen molar-refractivity contribution in [1.29, 1.82) is 0 Å². The maximum atomic E-state index is 12.0. The summed E-state index contributed by atoms with van der Waals surface area (Å²) < 4.78 is 28.2. The van der Waals surface area contributed by atoms with E-state index in [1.807, 2.05) is 4.90 Å². The highest BCUT2D eigenvalue weighted by atomic mass is 19.3. The molecule has 1 saturated heterocycles. The Morgan fingerprint density at radius 2 is 2.33 bits per heavy atom. The van der Waals surface area contributed by atoms with E-state index in [1.54, 1.807) is 6.07 Å². The van der Waals surface area contributed by atoms with Crippen LogP contribution in [0.3, 0.4) is 0 Å². The number of pyridine rings is 1. The van der Waals surface area contributed by atoms with Gasteiger partial charge in [0.1, 0.15) is 0 Å². The van der Waals surface area contributed by atoms with Crippen molar-refractivity contribution in [3.8, 4) is 5.88 Å². The molecule has 0 aromatic carbocycles. The first-order valence-corrected chi connectivity index (χ1v) is 5.60. The minimum Gasteiger partial charge on any atom is -0.417 e. The van der Waals surface area contributed by atoms with E-state index in [0.717, 1.165) is 25.1 Å². The lowest BCUT2D eigenvalue weighted by molar-refractivity contribution is -0.0528. The number of nitrogens with two attached hydrogens (primary N) is 1. The zero-order valence-corrected chi connectivity index (χ0v) is 9.72. The van der Waals surface area contributed by atoms with Crippen molar-refractivity contribution in [2.75, 3.05) is 13.1 Å². The van der Waals surface area contributed by atoms with Crippen molar-refractivity contribution < 1.29 is 13.5 Å². The van der Waals surface area contributed by atoms with Crippen LogP contribution in [0.25, 0.3) is 0 Å². The van der Waals surface area contributed by atoms with Gasteiger partial charge in [-0.1, -0.05) is 0 Å². The zero-order valence-electron chi connectivity index (χ0n) is 9.72. The smallest absolute Gasteiger partial charge is 0.388 e. The molecule has 2 N–H and O–H groups in total. The predicted molar refractivity (Wildman–Crippen MR) is 62.4 cm³/mol. The van der Waals surface area contributed by atoms with E-state index in [9.17, 15) is 8.78 Å². The largest absolute Gasteiger partial charge is 0.417 e. The second kappa shape index (κ2) is 5.61. The summed E-state index contributed by atoms with van der Waals surface area (Å²) in [4.78, 5) is 9.82. The third-order valence-corrected chi connectivity index (χ3v) is 2.61. The topological polar surface area (TPSA) is 63.7 Å². The number of ether oxygens (including phenoxy) is 1. The molecule has 1 aliphatic rings. The van der Waals surface area contributed by atoms with Crippen LogP contribution in [0.4, 0.5) is 8.78 Å². The van der Waals surface area contributed by atoms with Crippen LogP contribution in [-0.4, -0.2) is 35.5 Å². The van der Waals surface area contributed by atoms with Crippen molar-refractivity contribution in [2.24, 2.45) is 10.7 Å². The highest BCUT2D eigenvalue weighted by molar-refractivity contribution is 5.78. The number of aliphatic imine (C=N–C) groups is 1. The Balaban J connectivity index is 1.96. The average molecular weight is 256 g/mol. The Morgan fingerprint density at radius 3 is 2.94 bits per heavy atom. The van der Waals surface area contributed by atoms with Crippen LogP contribution >= 0.6 is 0 Å². The fourth-order valence-corrected chi connectivity index (χ4v) is 1.52. The van der Waals surface area contributed by atoms with Crippen molar-refractivity contribution in [1.82, 2.24) is 9.88 Å². The molecule has 0 radical (unpaired) electrons. The first kappa shape index (κ1) is 12.5. The number of hydrogen-bond acceptors (Lipinski definition) is 3. The first-order valence-electron chi connectivity index (χ1n) is 5.60. The Kier molecular flexibility index (Phi) is 3.91. The lowest BCUT2D eigenvalue weighted by Crippen LogP contribution is -2.46. The zero-order chi connectivity index (χ0) is 13.0. The quantitative estimate of drug-likeness (QED) is 0.649. The van der Waals surface area contributed by atoms with Gasteiger partial charge in [0, 0.05) is 25.4 Å². The molecule has 0 bridgehead atoms. The van der Waals surface area contributed by atoms with Gasteiger partial charge in [-0.25, -0.2) is 9.98 Å². The molecule has 0 unspecified atom stereocenters. The second-order valence-corrected chi connectivity index (χ2v) is 3.90. The van der Waals surface area contributed by atoms with Crippen LogP contribution < -0.4 is 10.5 Å². The van der Waals surface area contributed by atoms with Crippen LogP contribution in [0.5, 0.6) is 5.88 Å². The lowest BCUT2D eigenvalue weighted by atomic mass is 10.2. The van der Waals surface area contributed by atoms with Crippen LogP contribution in [0.15, 0.2) is 23.3 Å². The van der Waals surface area contributed by atoms with E-state index in [0.29, 0.717) is 12.5 Å². The number of rotatable bonds is 4. The summed E-state index contributed by atoms with van der Waals surface area (Å²) in [7, 11) is 0. The van der Waals surface area contributed by atoms with Gasteiger partial charge in [-0.2, -0.15) is 8.78 Å². The van der Waals surface area contributed by atoms with Gasteiger partial charge < -0.3 is 15.4 Å². The van der Waals surface area contributed by atoms with E-state index >= 15 is 0 Å². The number of hydrogen-bond donors (Lipinski definition) is 1. The lowest BCUT2D eigenvalue weighted by Gasteiger charge is -2.31. The van der Waals surface area contributed by atoms with Gasteiger partial charge in [-0.15, -0.1) is 0 Å². The molecule has 2 rings (SSSR count). The van der Waals surface area contributed by atoms with Gasteiger partial charge >= 0.3 is 6.61 Å². The Morgan fingerprint density at radius 1 is 1.56 bits per heavy atom. The van der Waals surface area contributed by atoms with Gasteiger partial charge in [-0.05, 0) is 18.1 Å². The summed E-state index contributed by atoms with van der Waals surface area (Å²) in [6.45, 7) is -0.705. The van der Waals surface area contributed by atoms with Gasteiger partial charge in [0.15, 0.2) is 5.96 Å². The number of likely N-dealkylation sites (tertiary alicyclic amines) is 1. The number of nitrogens with zero attached hydrogens (tertiary/aromatic N) is 3. The SMILES string of the molecule is NC(=NCc1ccnc(OC(F)F)c1)N1CCC1. The van der Waals surface area contributed by atoms with Crippen LogP contribution in [0, 0.1) is 0 Å². The second-order valence-electron chi connectivity index (χ2n) is 3.90. The van der Waals surface area contributed by atoms with Crippen LogP contribution in [0.1, 0.15) is 12.0 Å². The maximum absolute atomic E-state index is 12.0. The highest BCUT2D eigenvalue weighted by Crippen LogP contribution is 2.13. The number of halogens is 2. The minimum atomic E-state index is -2.87. The van der Waals surface area contributed by atoms with Gasteiger partial charge in [0.05, 0.1) is 6.54 Å². The maximum Gasteiger partial charge on any atom is 0.388 e. The minimum absolute atomic E-state index is 0.111. The van der Waals surface area contributed by atoms with Crippen molar-refractivity contribution in [2.45, 2.75) is 19.6 Å². The van der Waals surface area contributed by atoms with E-state index in [-0.39, 0.29) is 5.88 Å². The average Bonchev–Trinajstić information content (AvgIpc) is 2.23. The van der Waals surface area contributed by atoms with Gasteiger partial charge in [-0.3, -0.25) is 0 Å². The molecule has 0 saturated carbocycles. The molecule has 2 heterocycles. The monoisotopic (exact) mass is 256 g/mol. The molecule has 98 valence electrons. The third-order valence-electron chi connectivity index (χ3n) is 2.61. The first-order chi connectivity index (χ1) is 8.65. The molecular weight excluding hydrogens is 242 g/mol. The fraction of sp³-hybridized carbons (Fsp3) is 0.455. The normalized spacial score (nSPS) is 15.7. The van der Waals surface area contributed by atoms with Crippen LogP contribution in [-0.2, 0) is 6.54 Å². The Labute approximate surface area is 103 Å². The Bertz CT molecular complexity index is 435. The number of guanidine groups is 1. The molecule has 1 aromatic rings. The molecule has 0 atom stereocenters. The molecule has 0 amide bonds. The molecule has 7 heteroatoms. The van der Waals surface area contributed by atoms with Crippen molar-refractivity contribution in [3.05, 3.63) is 23.9 Å². The van der Waals surface area contributed by atoms with Gasteiger partial charge in [0.2, 0.25) is 5.88 Å². The number of aromatic nitrogens is 1. The number of alkyl halides is 2. The van der Waals surface area contributed by atoms with Crippen LogP contribution in [0.2, 0.25) is 0 Å². The summed E-state index contributed by atoms with van der Waals surface area (Å²) in [6.07, 6.45) is 2.53. The summed E-state index contributed by atoms with van der Waals surface area (Å²) in [6, 6.07) is 3.12. The third kappa shape index (κ3) is 3.28. The molecule has 1 aromatic heterocycles. The summed E-state index contributed by atoms with van der Waals surface area (Å²) in [5, 5.41) is 0. The van der Waals surface area contributed by atoms with E-state index < -0.39 is 6.61 Å². The summed E-state index contributed by atoms with van der Waals surface area (Å²) in [5.41, 5.74) is 6.48. The highest BCUT2D eigenvalue weighted by Gasteiger charge is 2.15. The molecule has 0 spiro atoms. The molecule has 18 heavy (non-hydrogen) atoms. The van der Waals surface area contributed by atoms with Crippen molar-refractivity contribution >= 4 is 5.96 Å². The summed E-state index contributed by atoms with van der Waals surface area (Å²) >= 11 is 0. The predicted octanol–water partition coefficient (Wildman–Crippen LogP) is 1.20. The summed E-state index contributed by atoms with van der Waals surface area (Å²) in [5.74, 6) is 0.370. The van der Waals surface area contributed by atoms with E-state index in [1.165, 1.54) is 12.3 Å². The standard InChI is InChI=1S/C11H14F2N4O/c12-10(13)18-9-6-8(2-3-15-9)7-16-11(14)17-4-1-5-17/h2-3,6,10H,1,4-5,7H2,(H2,14,16). The van der Waals surface area contributed by atoms with Gasteiger partial charge in [0.25, 0.3) is 0 Å². The molecule has 1 fully saturated rings. The van der Waals surface area contributed by atoms with E-state index in [4.69, 9.17) is 5.73 Å². The molecule has 1 aliphatic heterocycles.